The molecule has 5 heterocycles. The molecular formula is C12H4O2S5. The lowest BCUT2D eigenvalue weighted by atomic mass is 10.4. The lowest BCUT2D eigenvalue weighted by Gasteiger charge is -1.92. The maximum Gasteiger partial charge on any atom is 0.210 e. The second-order valence-electron chi connectivity index (χ2n) is 4.25. The molecule has 0 atom stereocenters. The van der Waals surface area contributed by atoms with Gasteiger partial charge in [-0.25, -0.2) is 8.42 Å². The molecule has 94 valence electrons. The maximum absolute atomic E-state index is 12.6. The maximum atomic E-state index is 12.6. The van der Waals surface area contributed by atoms with E-state index in [1.807, 2.05) is 5.38 Å². The third-order valence-electron chi connectivity index (χ3n) is 3.26. The molecule has 0 saturated heterocycles. The van der Waals surface area contributed by atoms with Crippen LogP contribution in [0.2, 0.25) is 0 Å². The summed E-state index contributed by atoms with van der Waals surface area (Å²) in [5.74, 6) is 0. The number of sulfone groups is 1. The van der Waals surface area contributed by atoms with Crippen LogP contribution in [0.15, 0.2) is 32.7 Å². The van der Waals surface area contributed by atoms with Crippen LogP contribution < -0.4 is 0 Å². The number of hydrogen-bond acceptors (Lipinski definition) is 6. The fraction of sp³-hybridized carbons (Fsp3) is 0. The molecule has 1 aliphatic heterocycles. The first-order valence-electron chi connectivity index (χ1n) is 5.43. The Hall–Kier alpha value is -0.730. The highest BCUT2D eigenvalue weighted by Crippen LogP contribution is 2.57. The summed E-state index contributed by atoms with van der Waals surface area (Å²) >= 11 is 6.45. The first-order valence-corrected chi connectivity index (χ1v) is 10.3. The zero-order chi connectivity index (χ0) is 12.8. The Labute approximate surface area is 124 Å². The zero-order valence-electron chi connectivity index (χ0n) is 9.17. The van der Waals surface area contributed by atoms with E-state index in [2.05, 4.69) is 11.4 Å². The van der Waals surface area contributed by atoms with Gasteiger partial charge >= 0.3 is 0 Å². The van der Waals surface area contributed by atoms with E-state index in [9.17, 15) is 8.42 Å². The molecule has 2 nitrogen and oxygen atoms in total. The van der Waals surface area contributed by atoms with E-state index in [-0.39, 0.29) is 0 Å². The number of rotatable bonds is 0. The van der Waals surface area contributed by atoms with Crippen molar-refractivity contribution >= 4 is 74.0 Å². The SMILES string of the molecule is O=S1(=O)c2ccsc2-c2sc3c(sc4ccsc43)c21. The van der Waals surface area contributed by atoms with Gasteiger partial charge in [-0.1, -0.05) is 0 Å². The molecule has 0 aromatic carbocycles. The lowest BCUT2D eigenvalue weighted by Crippen LogP contribution is -1.94. The van der Waals surface area contributed by atoms with Gasteiger partial charge in [0.1, 0.15) is 4.90 Å². The summed E-state index contributed by atoms with van der Waals surface area (Å²) in [6.45, 7) is 0. The van der Waals surface area contributed by atoms with Crippen molar-refractivity contribution in [3.05, 3.63) is 22.9 Å². The smallest absolute Gasteiger partial charge is 0.210 e. The third kappa shape index (κ3) is 1.15. The average Bonchev–Trinajstić information content (AvgIpc) is 3.08. The van der Waals surface area contributed by atoms with Gasteiger partial charge in [0.2, 0.25) is 9.84 Å². The molecule has 4 aromatic heterocycles. The molecule has 7 heteroatoms. The van der Waals surface area contributed by atoms with Crippen LogP contribution in [-0.4, -0.2) is 8.42 Å². The highest BCUT2D eigenvalue weighted by Gasteiger charge is 2.39. The van der Waals surface area contributed by atoms with Gasteiger partial charge in [0.25, 0.3) is 0 Å². The summed E-state index contributed by atoms with van der Waals surface area (Å²) in [6, 6.07) is 3.80. The summed E-state index contributed by atoms with van der Waals surface area (Å²) in [5, 5.41) is 3.93. The molecule has 0 radical (unpaired) electrons. The van der Waals surface area contributed by atoms with Gasteiger partial charge in [-0.15, -0.1) is 45.3 Å². The normalized spacial score (nSPS) is 16.2. The first kappa shape index (κ1) is 11.0. The molecule has 0 saturated carbocycles. The van der Waals surface area contributed by atoms with E-state index in [0.717, 1.165) is 19.2 Å². The molecule has 0 N–H and O–H groups in total. The first-order chi connectivity index (χ1) is 9.18. The summed E-state index contributed by atoms with van der Waals surface area (Å²) in [4.78, 5) is 2.93. The van der Waals surface area contributed by atoms with Gasteiger partial charge in [0, 0.05) is 4.70 Å². The molecule has 0 unspecified atom stereocenters. The van der Waals surface area contributed by atoms with E-state index in [1.165, 1.54) is 20.7 Å². The molecule has 0 spiro atoms. The van der Waals surface area contributed by atoms with Gasteiger partial charge in [-0.2, -0.15) is 0 Å². The highest BCUT2D eigenvalue weighted by molar-refractivity contribution is 7.93. The fourth-order valence-electron chi connectivity index (χ4n) is 2.47. The molecule has 5 rings (SSSR count). The van der Waals surface area contributed by atoms with Crippen LogP contribution >= 0.6 is 45.3 Å². The van der Waals surface area contributed by atoms with Gasteiger partial charge < -0.3 is 0 Å². The van der Waals surface area contributed by atoms with Gasteiger partial charge in [0.05, 0.1) is 28.7 Å². The molecule has 0 amide bonds. The highest BCUT2D eigenvalue weighted by atomic mass is 32.2. The van der Waals surface area contributed by atoms with Crippen molar-refractivity contribution in [1.29, 1.82) is 0 Å². The molecule has 0 bridgehead atoms. The van der Waals surface area contributed by atoms with Crippen molar-refractivity contribution in [2.24, 2.45) is 0 Å². The van der Waals surface area contributed by atoms with Gasteiger partial charge in [-0.3, -0.25) is 0 Å². The quantitative estimate of drug-likeness (QED) is 0.395. The number of fused-ring (bicyclic) bond motifs is 7. The second kappa shape index (κ2) is 3.29. The topological polar surface area (TPSA) is 34.1 Å². The number of hydrogen-bond donors (Lipinski definition) is 0. The number of thiophene rings is 4. The summed E-state index contributed by atoms with van der Waals surface area (Å²) < 4.78 is 29.8. The van der Waals surface area contributed by atoms with E-state index in [1.54, 1.807) is 40.1 Å². The van der Waals surface area contributed by atoms with Crippen LogP contribution in [0.4, 0.5) is 0 Å². The Morgan fingerprint density at radius 3 is 2.58 bits per heavy atom. The summed E-state index contributed by atoms with van der Waals surface area (Å²) in [5.41, 5.74) is 0. The molecule has 4 aromatic rings. The summed E-state index contributed by atoms with van der Waals surface area (Å²) in [6.07, 6.45) is 0. The fourth-order valence-corrected chi connectivity index (χ4v) is 10.4. The van der Waals surface area contributed by atoms with Crippen molar-refractivity contribution in [3.63, 3.8) is 0 Å². The Balaban J connectivity index is 2.08. The predicted octanol–water partition coefficient (Wildman–Crippen LogP) is 5.05. The van der Waals surface area contributed by atoms with E-state index < -0.39 is 9.84 Å². The van der Waals surface area contributed by atoms with Crippen molar-refractivity contribution in [1.82, 2.24) is 0 Å². The van der Waals surface area contributed by atoms with Crippen LogP contribution in [0.3, 0.4) is 0 Å². The van der Waals surface area contributed by atoms with E-state index in [0.29, 0.717) is 9.79 Å². The minimum atomic E-state index is -3.29. The average molecular weight is 340 g/mol. The second-order valence-corrected chi connectivity index (χ2v) is 10.0. The largest absolute Gasteiger partial charge is 0.218 e. The molecule has 1 aliphatic rings. The van der Waals surface area contributed by atoms with Crippen LogP contribution in [0, 0.1) is 0 Å². The molecule has 0 fully saturated rings. The van der Waals surface area contributed by atoms with Crippen molar-refractivity contribution in [2.45, 2.75) is 9.79 Å². The lowest BCUT2D eigenvalue weighted by molar-refractivity contribution is 0.600. The van der Waals surface area contributed by atoms with Crippen molar-refractivity contribution in [3.8, 4) is 9.75 Å². The molecule has 19 heavy (non-hydrogen) atoms. The van der Waals surface area contributed by atoms with Crippen LogP contribution in [0.1, 0.15) is 0 Å². The third-order valence-corrected chi connectivity index (χ3v) is 10.3. The van der Waals surface area contributed by atoms with Gasteiger partial charge in [0.15, 0.2) is 0 Å². The van der Waals surface area contributed by atoms with E-state index >= 15 is 0 Å². The minimum Gasteiger partial charge on any atom is -0.218 e. The van der Waals surface area contributed by atoms with Crippen LogP contribution in [0.5, 0.6) is 0 Å². The standard InChI is InChI=1S/C12H4O2S5/c13-19(14)6-2-4-16-8(6)10-12(19)11-9(18-10)7-5(17-11)1-3-15-7/h1-4H. The Kier molecular flexibility index (Phi) is 1.90. The van der Waals surface area contributed by atoms with Crippen LogP contribution in [-0.2, 0) is 9.84 Å². The van der Waals surface area contributed by atoms with Gasteiger partial charge in [-0.05, 0) is 22.9 Å². The monoisotopic (exact) mass is 340 g/mol. The molecular weight excluding hydrogens is 336 g/mol. The Bertz CT molecular complexity index is 1070. The predicted molar refractivity (Wildman–Crippen MR) is 83.8 cm³/mol. The van der Waals surface area contributed by atoms with Crippen molar-refractivity contribution in [2.75, 3.05) is 0 Å². The van der Waals surface area contributed by atoms with Crippen molar-refractivity contribution < 1.29 is 8.42 Å². The van der Waals surface area contributed by atoms with E-state index in [4.69, 9.17) is 0 Å². The van der Waals surface area contributed by atoms with Crippen LogP contribution in [0.25, 0.3) is 28.6 Å². The Morgan fingerprint density at radius 2 is 1.68 bits per heavy atom. The zero-order valence-corrected chi connectivity index (χ0v) is 13.2. The molecule has 0 aliphatic carbocycles. The minimum absolute atomic E-state index is 0.498. The summed E-state index contributed by atoms with van der Waals surface area (Å²) in [7, 11) is -3.29. The Morgan fingerprint density at radius 1 is 0.842 bits per heavy atom.